The van der Waals surface area contributed by atoms with Crippen molar-refractivity contribution >= 4 is 12.2 Å². The van der Waals surface area contributed by atoms with Crippen molar-refractivity contribution in [2.24, 2.45) is 11.8 Å². The van der Waals surface area contributed by atoms with Gasteiger partial charge in [0, 0.05) is 37.3 Å². The van der Waals surface area contributed by atoms with Crippen molar-refractivity contribution < 1.29 is 19.1 Å². The number of piperidine rings is 2. The Labute approximate surface area is 230 Å². The maximum Gasteiger partial charge on any atom is 0.409 e. The second-order valence-corrected chi connectivity index (χ2v) is 12.6. The lowest BCUT2D eigenvalue weighted by atomic mass is 9.74. The van der Waals surface area contributed by atoms with Gasteiger partial charge in [-0.25, -0.2) is 9.59 Å². The van der Waals surface area contributed by atoms with Crippen molar-refractivity contribution in [1.82, 2.24) is 19.6 Å². The molecule has 8 nitrogen and oxygen atoms in total. The summed E-state index contributed by atoms with van der Waals surface area (Å²) in [5.74, 6) is 1.36. The molecule has 2 saturated carbocycles. The number of hydrogen-bond donors (Lipinski definition) is 0. The zero-order chi connectivity index (χ0) is 26.5. The fourth-order valence-corrected chi connectivity index (χ4v) is 9.05. The van der Waals surface area contributed by atoms with E-state index in [-0.39, 0.29) is 12.2 Å². The Morgan fingerprint density at radius 2 is 0.842 bits per heavy atom. The van der Waals surface area contributed by atoms with E-state index in [0.717, 1.165) is 25.9 Å². The van der Waals surface area contributed by atoms with Crippen LogP contribution in [-0.4, -0.2) is 109 Å². The first kappa shape index (κ1) is 28.0. The Morgan fingerprint density at radius 3 is 1.21 bits per heavy atom. The normalized spacial score (nSPS) is 36.1. The summed E-state index contributed by atoms with van der Waals surface area (Å²) in [7, 11) is 3.01. The Hall–Kier alpha value is -1.54. The second-order valence-electron chi connectivity index (χ2n) is 12.6. The van der Waals surface area contributed by atoms with Gasteiger partial charge in [-0.15, -0.1) is 0 Å². The number of nitrogens with zero attached hydrogens (tertiary/aromatic N) is 4. The molecule has 6 rings (SSSR count). The van der Waals surface area contributed by atoms with E-state index < -0.39 is 0 Å². The van der Waals surface area contributed by atoms with E-state index in [1.165, 1.54) is 117 Å². The number of carbonyl (C=O) groups excluding carboxylic acids is 2. The molecule has 6 fully saturated rings. The summed E-state index contributed by atoms with van der Waals surface area (Å²) < 4.78 is 9.95. The summed E-state index contributed by atoms with van der Waals surface area (Å²) in [5.41, 5.74) is 0. The molecule has 38 heavy (non-hydrogen) atoms. The Balaban J connectivity index is 0.000000155. The Morgan fingerprint density at radius 1 is 0.474 bits per heavy atom. The minimum Gasteiger partial charge on any atom is -0.453 e. The van der Waals surface area contributed by atoms with E-state index in [2.05, 4.69) is 9.80 Å². The SMILES string of the molecule is COC(=O)N1CCC[C@@H]2[C@H](N3CCCC3)CCC[C@H]21.COC(=O)N1CCC[C@H]2[C@@H](N3CCCC3)CCC[C@@H]21. The average molecular weight is 533 g/mol. The van der Waals surface area contributed by atoms with Gasteiger partial charge in [-0.05, 0) is 128 Å². The molecule has 0 unspecified atom stereocenters. The van der Waals surface area contributed by atoms with E-state index in [1.54, 1.807) is 0 Å². The molecule has 0 aromatic carbocycles. The van der Waals surface area contributed by atoms with Crippen molar-refractivity contribution in [3.8, 4) is 0 Å². The van der Waals surface area contributed by atoms with Crippen LogP contribution in [0.25, 0.3) is 0 Å². The summed E-state index contributed by atoms with van der Waals surface area (Å²) in [6.07, 6.45) is 17.6. The highest BCUT2D eigenvalue weighted by atomic mass is 16.5. The molecule has 6 aliphatic rings. The van der Waals surface area contributed by atoms with Crippen molar-refractivity contribution in [1.29, 1.82) is 0 Å². The van der Waals surface area contributed by atoms with Gasteiger partial charge in [-0.2, -0.15) is 0 Å². The van der Waals surface area contributed by atoms with Crippen LogP contribution in [0.5, 0.6) is 0 Å². The number of carbonyl (C=O) groups is 2. The maximum absolute atomic E-state index is 11.9. The molecule has 0 radical (unpaired) electrons. The van der Waals surface area contributed by atoms with Crippen LogP contribution in [0, 0.1) is 11.8 Å². The van der Waals surface area contributed by atoms with Crippen LogP contribution in [0.1, 0.15) is 89.9 Å². The third-order valence-corrected chi connectivity index (χ3v) is 10.7. The number of rotatable bonds is 2. The maximum atomic E-state index is 11.9. The highest BCUT2D eigenvalue weighted by Gasteiger charge is 2.44. The third kappa shape index (κ3) is 5.96. The van der Waals surface area contributed by atoms with Crippen molar-refractivity contribution in [2.45, 2.75) is 114 Å². The van der Waals surface area contributed by atoms with Crippen LogP contribution >= 0.6 is 0 Å². The summed E-state index contributed by atoms with van der Waals surface area (Å²) in [5, 5.41) is 0. The molecule has 6 atom stereocenters. The minimum absolute atomic E-state index is 0.114. The molecule has 0 bridgehead atoms. The van der Waals surface area contributed by atoms with Gasteiger partial charge >= 0.3 is 12.2 Å². The first-order valence-corrected chi connectivity index (χ1v) is 15.8. The summed E-state index contributed by atoms with van der Waals surface area (Å²) in [4.78, 5) is 33.3. The Bertz CT molecular complexity index is 720. The molecule has 2 aliphatic carbocycles. The third-order valence-electron chi connectivity index (χ3n) is 10.7. The largest absolute Gasteiger partial charge is 0.453 e. The fraction of sp³-hybridized carbons (Fsp3) is 0.933. The van der Waals surface area contributed by atoms with E-state index in [9.17, 15) is 9.59 Å². The standard InChI is InChI=1S/2C15H26N2O2/c2*1-19-15(18)17-11-5-6-12-13(7-4-8-14(12)17)16-9-2-3-10-16/h2*12-14H,2-11H2,1H3/t2*12-,13-,14-/m10/s1. The predicted molar refractivity (Wildman–Crippen MR) is 148 cm³/mol. The number of fused-ring (bicyclic) bond motifs is 2. The van der Waals surface area contributed by atoms with Gasteiger partial charge in [0.1, 0.15) is 0 Å². The molecular weight excluding hydrogens is 480 g/mol. The Kier molecular flexibility index (Phi) is 9.74. The van der Waals surface area contributed by atoms with E-state index in [4.69, 9.17) is 9.47 Å². The number of amides is 2. The first-order chi connectivity index (χ1) is 18.6. The number of methoxy groups -OCH3 is 2. The number of likely N-dealkylation sites (tertiary alicyclic amines) is 4. The zero-order valence-electron chi connectivity index (χ0n) is 24.0. The second kappa shape index (κ2) is 13.2. The lowest BCUT2D eigenvalue weighted by Crippen LogP contribution is -2.56. The summed E-state index contributed by atoms with van der Waals surface area (Å²) in [6.45, 7) is 6.86. The summed E-state index contributed by atoms with van der Waals surface area (Å²) in [6, 6.07) is 2.29. The fourth-order valence-electron chi connectivity index (χ4n) is 9.05. The van der Waals surface area contributed by atoms with Gasteiger partial charge in [0.15, 0.2) is 0 Å². The van der Waals surface area contributed by atoms with Gasteiger partial charge in [0.25, 0.3) is 0 Å². The van der Waals surface area contributed by atoms with Crippen molar-refractivity contribution in [2.75, 3.05) is 53.5 Å². The highest BCUT2D eigenvalue weighted by molar-refractivity contribution is 5.68. The van der Waals surface area contributed by atoms with E-state index in [0.29, 0.717) is 36.0 Å². The predicted octanol–water partition coefficient (Wildman–Crippen LogP) is 4.96. The van der Waals surface area contributed by atoms with Gasteiger partial charge in [-0.1, -0.05) is 0 Å². The topological polar surface area (TPSA) is 65.6 Å². The quantitative estimate of drug-likeness (QED) is 0.501. The molecule has 0 N–H and O–H groups in total. The average Bonchev–Trinajstić information content (AvgIpc) is 3.71. The van der Waals surface area contributed by atoms with Gasteiger partial charge in [0.2, 0.25) is 0 Å². The van der Waals surface area contributed by atoms with Crippen LogP contribution in [0.15, 0.2) is 0 Å². The smallest absolute Gasteiger partial charge is 0.409 e. The zero-order valence-corrected chi connectivity index (χ0v) is 24.0. The lowest BCUT2D eigenvalue weighted by molar-refractivity contribution is 0.00441. The molecule has 4 heterocycles. The van der Waals surface area contributed by atoms with E-state index in [1.807, 2.05) is 9.80 Å². The molecule has 0 aromatic rings. The molecule has 0 aromatic heterocycles. The molecule has 0 spiro atoms. The van der Waals surface area contributed by atoms with Crippen molar-refractivity contribution in [3.05, 3.63) is 0 Å². The molecule has 2 amide bonds. The van der Waals surface area contributed by atoms with E-state index >= 15 is 0 Å². The molecule has 4 aliphatic heterocycles. The van der Waals surface area contributed by atoms with Gasteiger partial charge < -0.3 is 29.1 Å². The van der Waals surface area contributed by atoms with Crippen LogP contribution in [-0.2, 0) is 9.47 Å². The monoisotopic (exact) mass is 532 g/mol. The lowest BCUT2D eigenvalue weighted by Gasteiger charge is -2.49. The highest BCUT2D eigenvalue weighted by Crippen LogP contribution is 2.40. The van der Waals surface area contributed by atoms with Crippen LogP contribution in [0.2, 0.25) is 0 Å². The number of ether oxygens (including phenoxy) is 2. The summed E-state index contributed by atoms with van der Waals surface area (Å²) >= 11 is 0. The minimum atomic E-state index is -0.114. The number of hydrogen-bond acceptors (Lipinski definition) is 6. The molecular formula is C30H52N4O4. The van der Waals surface area contributed by atoms with Crippen LogP contribution in [0.3, 0.4) is 0 Å². The molecule has 8 heteroatoms. The van der Waals surface area contributed by atoms with Crippen LogP contribution < -0.4 is 0 Å². The first-order valence-electron chi connectivity index (χ1n) is 15.8. The van der Waals surface area contributed by atoms with Crippen LogP contribution in [0.4, 0.5) is 9.59 Å². The van der Waals surface area contributed by atoms with Gasteiger partial charge in [-0.3, -0.25) is 0 Å². The molecule has 216 valence electrons. The van der Waals surface area contributed by atoms with Crippen molar-refractivity contribution in [3.63, 3.8) is 0 Å². The molecule has 4 saturated heterocycles. The van der Waals surface area contributed by atoms with Gasteiger partial charge in [0.05, 0.1) is 14.2 Å².